The van der Waals surface area contributed by atoms with E-state index in [1.54, 1.807) is 6.07 Å². The number of nitrogens with zero attached hydrogens (tertiary/aromatic N) is 2. The maximum atomic E-state index is 13.1. The van der Waals surface area contributed by atoms with Crippen molar-refractivity contribution in [3.05, 3.63) is 41.4 Å². The number of halogens is 2. The summed E-state index contributed by atoms with van der Waals surface area (Å²) in [6.07, 6.45) is 2.92. The molecule has 0 aliphatic rings. The summed E-state index contributed by atoms with van der Waals surface area (Å²) in [5, 5.41) is 2.90. The van der Waals surface area contributed by atoms with E-state index in [1.807, 2.05) is 0 Å². The van der Waals surface area contributed by atoms with Gasteiger partial charge in [-0.1, -0.05) is 11.6 Å². The fraction of sp³-hybridized carbons (Fsp3) is 0. The Kier molecular flexibility index (Phi) is 2.87. The lowest BCUT2D eigenvalue weighted by atomic mass is 10.3. The third-order valence-electron chi connectivity index (χ3n) is 1.85. The van der Waals surface area contributed by atoms with Crippen molar-refractivity contribution < 1.29 is 4.39 Å². The van der Waals surface area contributed by atoms with Gasteiger partial charge in [-0.2, -0.15) is 0 Å². The normalized spacial score (nSPS) is 10.1. The number of anilines is 3. The summed E-state index contributed by atoms with van der Waals surface area (Å²) in [5.74, 6) is -0.155. The van der Waals surface area contributed by atoms with Gasteiger partial charge in [0.25, 0.3) is 0 Å². The molecule has 2 aromatic rings. The van der Waals surface area contributed by atoms with Crippen LogP contribution in [0.5, 0.6) is 0 Å². The van der Waals surface area contributed by atoms with Crippen molar-refractivity contribution in [3.8, 4) is 0 Å². The maximum absolute atomic E-state index is 13.1. The van der Waals surface area contributed by atoms with E-state index in [-0.39, 0.29) is 5.02 Å². The highest BCUT2D eigenvalue weighted by atomic mass is 35.5. The Labute approximate surface area is 96.3 Å². The van der Waals surface area contributed by atoms with Crippen LogP contribution in [0.25, 0.3) is 0 Å². The van der Waals surface area contributed by atoms with Crippen LogP contribution in [-0.2, 0) is 0 Å². The first-order valence-electron chi connectivity index (χ1n) is 4.45. The predicted octanol–water partition coefficient (Wildman–Crippen LogP) is 2.59. The summed E-state index contributed by atoms with van der Waals surface area (Å²) >= 11 is 5.55. The van der Waals surface area contributed by atoms with Crippen LogP contribution in [0.3, 0.4) is 0 Å². The fourth-order valence-corrected chi connectivity index (χ4v) is 1.22. The van der Waals surface area contributed by atoms with Gasteiger partial charge in [-0.05, 0) is 18.2 Å². The van der Waals surface area contributed by atoms with Gasteiger partial charge in [0.05, 0.1) is 23.1 Å². The van der Waals surface area contributed by atoms with Crippen molar-refractivity contribution in [3.63, 3.8) is 0 Å². The van der Waals surface area contributed by atoms with Gasteiger partial charge in [-0.3, -0.25) is 0 Å². The highest BCUT2D eigenvalue weighted by molar-refractivity contribution is 6.30. The Bertz CT molecular complexity index is 501. The third kappa shape index (κ3) is 2.38. The van der Waals surface area contributed by atoms with Gasteiger partial charge in [-0.25, -0.2) is 14.4 Å². The summed E-state index contributed by atoms with van der Waals surface area (Å²) in [5.41, 5.74) is 6.42. The number of hydrogen-bond donors (Lipinski definition) is 2. The molecule has 3 N–H and O–H groups in total. The van der Waals surface area contributed by atoms with Crippen LogP contribution in [0.2, 0.25) is 5.02 Å². The van der Waals surface area contributed by atoms with Crippen LogP contribution in [-0.4, -0.2) is 9.97 Å². The SMILES string of the molecule is Nc1cnc(Nc2ccc(Cl)c(F)c2)nc1. The Morgan fingerprint density at radius 3 is 2.56 bits per heavy atom. The van der Waals surface area contributed by atoms with Crippen molar-refractivity contribution in [2.45, 2.75) is 0 Å². The number of nitrogens with one attached hydrogen (secondary N) is 1. The first-order valence-corrected chi connectivity index (χ1v) is 4.82. The molecular formula is C10H8ClFN4. The minimum Gasteiger partial charge on any atom is -0.396 e. The second-order valence-electron chi connectivity index (χ2n) is 3.09. The summed E-state index contributed by atoms with van der Waals surface area (Å²) < 4.78 is 13.1. The number of rotatable bonds is 2. The molecule has 82 valence electrons. The van der Waals surface area contributed by atoms with Crippen molar-refractivity contribution in [1.82, 2.24) is 9.97 Å². The summed E-state index contributed by atoms with van der Waals surface area (Å²) in [4.78, 5) is 7.85. The molecule has 0 aliphatic heterocycles. The zero-order chi connectivity index (χ0) is 11.5. The third-order valence-corrected chi connectivity index (χ3v) is 2.15. The topological polar surface area (TPSA) is 63.8 Å². The zero-order valence-corrected chi connectivity index (χ0v) is 8.87. The molecular weight excluding hydrogens is 231 g/mol. The van der Waals surface area contributed by atoms with Crippen molar-refractivity contribution in [2.24, 2.45) is 0 Å². The maximum Gasteiger partial charge on any atom is 0.227 e. The van der Waals surface area contributed by atoms with Gasteiger partial charge in [-0.15, -0.1) is 0 Å². The zero-order valence-electron chi connectivity index (χ0n) is 8.11. The van der Waals surface area contributed by atoms with E-state index >= 15 is 0 Å². The lowest BCUT2D eigenvalue weighted by Crippen LogP contribution is -1.98. The van der Waals surface area contributed by atoms with Crippen LogP contribution >= 0.6 is 11.6 Å². The average molecular weight is 239 g/mol. The Hall–Kier alpha value is -1.88. The summed E-state index contributed by atoms with van der Waals surface area (Å²) in [7, 11) is 0. The number of nitrogens with two attached hydrogens (primary N) is 1. The van der Waals surface area contributed by atoms with Crippen LogP contribution in [0, 0.1) is 5.82 Å². The minimum atomic E-state index is -0.498. The molecule has 0 fully saturated rings. The molecule has 2 rings (SSSR count). The monoisotopic (exact) mass is 238 g/mol. The molecule has 0 spiro atoms. The molecule has 16 heavy (non-hydrogen) atoms. The van der Waals surface area contributed by atoms with Gasteiger partial charge < -0.3 is 11.1 Å². The standard InChI is InChI=1S/C10H8ClFN4/c11-8-2-1-7(3-9(8)12)16-10-14-4-6(13)5-15-10/h1-5H,13H2,(H,14,15,16). The molecule has 1 aromatic heterocycles. The van der Waals surface area contributed by atoms with E-state index in [0.29, 0.717) is 17.3 Å². The number of benzene rings is 1. The second-order valence-corrected chi connectivity index (χ2v) is 3.50. The largest absolute Gasteiger partial charge is 0.396 e. The van der Waals surface area contributed by atoms with Crippen LogP contribution < -0.4 is 11.1 Å². The lowest BCUT2D eigenvalue weighted by molar-refractivity contribution is 0.629. The van der Waals surface area contributed by atoms with Crippen molar-refractivity contribution in [1.29, 1.82) is 0 Å². The molecule has 4 nitrogen and oxygen atoms in total. The molecule has 1 heterocycles. The van der Waals surface area contributed by atoms with E-state index < -0.39 is 5.82 Å². The van der Waals surface area contributed by atoms with Crippen LogP contribution in [0.1, 0.15) is 0 Å². The Morgan fingerprint density at radius 1 is 1.25 bits per heavy atom. The van der Waals surface area contributed by atoms with Gasteiger partial charge in [0.1, 0.15) is 5.82 Å². The first-order chi connectivity index (χ1) is 7.65. The molecule has 0 atom stereocenters. The highest BCUT2D eigenvalue weighted by Crippen LogP contribution is 2.20. The number of aromatic nitrogens is 2. The highest BCUT2D eigenvalue weighted by Gasteiger charge is 2.02. The van der Waals surface area contributed by atoms with Crippen LogP contribution in [0.4, 0.5) is 21.7 Å². The first kappa shape index (κ1) is 10.6. The quantitative estimate of drug-likeness (QED) is 0.844. The van der Waals surface area contributed by atoms with Gasteiger partial charge in [0.15, 0.2) is 0 Å². The molecule has 0 saturated carbocycles. The van der Waals surface area contributed by atoms with Crippen LogP contribution in [0.15, 0.2) is 30.6 Å². The minimum absolute atomic E-state index is 0.0729. The predicted molar refractivity (Wildman–Crippen MR) is 61.1 cm³/mol. The lowest BCUT2D eigenvalue weighted by Gasteiger charge is -2.04. The molecule has 0 unspecified atom stereocenters. The van der Waals surface area contributed by atoms with E-state index in [4.69, 9.17) is 17.3 Å². The van der Waals surface area contributed by atoms with E-state index in [9.17, 15) is 4.39 Å². The second kappa shape index (κ2) is 4.32. The molecule has 6 heteroatoms. The summed E-state index contributed by atoms with van der Waals surface area (Å²) in [6.45, 7) is 0. The smallest absolute Gasteiger partial charge is 0.227 e. The average Bonchev–Trinajstić information content (AvgIpc) is 2.27. The molecule has 0 saturated heterocycles. The fourth-order valence-electron chi connectivity index (χ4n) is 1.11. The molecule has 0 aliphatic carbocycles. The van der Waals surface area contributed by atoms with Gasteiger partial charge >= 0.3 is 0 Å². The van der Waals surface area contributed by atoms with Crippen molar-refractivity contribution in [2.75, 3.05) is 11.1 Å². The molecule has 0 amide bonds. The van der Waals surface area contributed by atoms with Crippen molar-refractivity contribution >= 4 is 28.9 Å². The molecule has 0 radical (unpaired) electrons. The Morgan fingerprint density at radius 2 is 1.94 bits per heavy atom. The summed E-state index contributed by atoms with van der Waals surface area (Å²) in [6, 6.07) is 4.35. The molecule has 1 aromatic carbocycles. The van der Waals surface area contributed by atoms with E-state index in [0.717, 1.165) is 0 Å². The van der Waals surface area contributed by atoms with E-state index in [1.165, 1.54) is 24.5 Å². The Balaban J connectivity index is 2.20. The number of nitrogen functional groups attached to an aromatic ring is 1. The van der Waals surface area contributed by atoms with Gasteiger partial charge in [0.2, 0.25) is 5.95 Å². The van der Waals surface area contributed by atoms with E-state index in [2.05, 4.69) is 15.3 Å². The number of hydrogen-bond acceptors (Lipinski definition) is 4. The van der Waals surface area contributed by atoms with Gasteiger partial charge in [0, 0.05) is 5.69 Å². The molecule has 0 bridgehead atoms.